The molecule has 1 heterocycles. The maximum absolute atomic E-state index is 5.81. The van der Waals surface area contributed by atoms with Crippen molar-refractivity contribution in [2.45, 2.75) is 25.4 Å². The summed E-state index contributed by atoms with van der Waals surface area (Å²) in [5.74, 6) is 0.938. The first-order valence-corrected chi connectivity index (χ1v) is 7.54. The second-order valence-corrected chi connectivity index (χ2v) is 5.84. The maximum Gasteiger partial charge on any atom is 0.119 e. The summed E-state index contributed by atoms with van der Waals surface area (Å²) in [6, 6.07) is 12.5. The van der Waals surface area contributed by atoms with Gasteiger partial charge in [0.1, 0.15) is 5.75 Å². The van der Waals surface area contributed by atoms with E-state index < -0.39 is 0 Å². The third-order valence-electron chi connectivity index (χ3n) is 3.51. The van der Waals surface area contributed by atoms with Crippen LogP contribution in [0.15, 0.2) is 40.9 Å². The summed E-state index contributed by atoms with van der Waals surface area (Å²) >= 11 is 3.49. The highest BCUT2D eigenvalue weighted by Gasteiger charge is 2.14. The van der Waals surface area contributed by atoms with E-state index in [-0.39, 0.29) is 0 Å². The number of hydrogen-bond donors (Lipinski definition) is 0. The molecule has 3 heteroatoms. The maximum atomic E-state index is 5.81. The topological polar surface area (TPSA) is 18.5 Å². The minimum Gasteiger partial charge on any atom is -0.493 e. The number of benzene rings is 2. The molecular weight excluding hydrogens is 304 g/mol. The van der Waals surface area contributed by atoms with Crippen LogP contribution in [0.2, 0.25) is 0 Å². The molecule has 0 aromatic heterocycles. The lowest BCUT2D eigenvalue weighted by molar-refractivity contribution is 0.0904. The first-order chi connectivity index (χ1) is 9.31. The Kier molecular flexibility index (Phi) is 4.04. The highest BCUT2D eigenvalue weighted by molar-refractivity contribution is 9.10. The quantitative estimate of drug-likeness (QED) is 0.822. The van der Waals surface area contributed by atoms with Crippen molar-refractivity contribution < 1.29 is 9.47 Å². The second kappa shape index (κ2) is 5.93. The summed E-state index contributed by atoms with van der Waals surface area (Å²) in [7, 11) is 0. The Morgan fingerprint density at radius 1 is 1.16 bits per heavy atom. The van der Waals surface area contributed by atoms with E-state index >= 15 is 0 Å². The normalized spacial score (nSPS) is 18.9. The van der Waals surface area contributed by atoms with Crippen molar-refractivity contribution in [3.05, 3.63) is 40.9 Å². The van der Waals surface area contributed by atoms with Gasteiger partial charge in [0.05, 0.1) is 12.7 Å². The molecule has 0 N–H and O–H groups in total. The molecule has 0 amide bonds. The van der Waals surface area contributed by atoms with Crippen LogP contribution in [-0.2, 0) is 4.74 Å². The number of ether oxygens (including phenoxy) is 2. The lowest BCUT2D eigenvalue weighted by Gasteiger charge is -2.11. The van der Waals surface area contributed by atoms with Gasteiger partial charge in [0.25, 0.3) is 0 Å². The summed E-state index contributed by atoms with van der Waals surface area (Å²) in [6.45, 7) is 1.64. The van der Waals surface area contributed by atoms with Gasteiger partial charge in [-0.1, -0.05) is 28.1 Å². The van der Waals surface area contributed by atoms with Gasteiger partial charge in [-0.25, -0.2) is 0 Å². The van der Waals surface area contributed by atoms with Crippen molar-refractivity contribution >= 4 is 26.7 Å². The highest BCUT2D eigenvalue weighted by atomic mass is 79.9. The number of rotatable bonds is 4. The Morgan fingerprint density at radius 2 is 2.00 bits per heavy atom. The van der Waals surface area contributed by atoms with Gasteiger partial charge in [0.15, 0.2) is 0 Å². The Labute approximate surface area is 121 Å². The standard InChI is InChI=1S/C16H17BrO2/c17-14-5-3-13-11-16(6-4-12(13)10-14)19-9-7-15-2-1-8-18-15/h3-6,10-11,15H,1-2,7-9H2. The Hall–Kier alpha value is -1.06. The van der Waals surface area contributed by atoms with Crippen LogP contribution in [0, 0.1) is 0 Å². The Balaban J connectivity index is 1.62. The van der Waals surface area contributed by atoms with E-state index in [1.54, 1.807) is 0 Å². The Morgan fingerprint density at radius 3 is 2.84 bits per heavy atom. The van der Waals surface area contributed by atoms with E-state index in [1.165, 1.54) is 23.6 Å². The van der Waals surface area contributed by atoms with Crippen molar-refractivity contribution in [2.75, 3.05) is 13.2 Å². The fourth-order valence-electron chi connectivity index (χ4n) is 2.46. The third-order valence-corrected chi connectivity index (χ3v) is 4.00. The van der Waals surface area contributed by atoms with Gasteiger partial charge >= 0.3 is 0 Å². The van der Waals surface area contributed by atoms with Crippen molar-refractivity contribution in [2.24, 2.45) is 0 Å². The molecular formula is C16H17BrO2. The van der Waals surface area contributed by atoms with Gasteiger partial charge in [-0.2, -0.15) is 0 Å². The van der Waals surface area contributed by atoms with Gasteiger partial charge in [0, 0.05) is 17.5 Å². The zero-order chi connectivity index (χ0) is 13.1. The van der Waals surface area contributed by atoms with Crippen LogP contribution in [0.25, 0.3) is 10.8 Å². The zero-order valence-corrected chi connectivity index (χ0v) is 12.4. The second-order valence-electron chi connectivity index (χ2n) is 4.93. The van der Waals surface area contributed by atoms with Crippen LogP contribution in [0.4, 0.5) is 0 Å². The molecule has 1 atom stereocenters. The van der Waals surface area contributed by atoms with E-state index in [9.17, 15) is 0 Å². The minimum absolute atomic E-state index is 0.399. The van der Waals surface area contributed by atoms with Gasteiger partial charge in [-0.15, -0.1) is 0 Å². The number of fused-ring (bicyclic) bond motifs is 1. The van der Waals surface area contributed by atoms with Crippen molar-refractivity contribution in [1.82, 2.24) is 0 Å². The average Bonchev–Trinajstić information content (AvgIpc) is 2.92. The molecule has 0 spiro atoms. The smallest absolute Gasteiger partial charge is 0.119 e. The highest BCUT2D eigenvalue weighted by Crippen LogP contribution is 2.24. The predicted molar refractivity (Wildman–Crippen MR) is 80.7 cm³/mol. The fraction of sp³-hybridized carbons (Fsp3) is 0.375. The molecule has 0 aliphatic carbocycles. The number of halogens is 1. The number of hydrogen-bond acceptors (Lipinski definition) is 2. The molecule has 3 rings (SSSR count). The zero-order valence-electron chi connectivity index (χ0n) is 10.8. The molecule has 1 aliphatic heterocycles. The molecule has 0 radical (unpaired) electrons. The van der Waals surface area contributed by atoms with Crippen LogP contribution >= 0.6 is 15.9 Å². The third kappa shape index (κ3) is 3.28. The van der Waals surface area contributed by atoms with Crippen LogP contribution in [0.5, 0.6) is 5.75 Å². The van der Waals surface area contributed by atoms with Gasteiger partial charge in [-0.05, 0) is 47.9 Å². The summed E-state index contributed by atoms with van der Waals surface area (Å²) in [5.41, 5.74) is 0. The molecule has 100 valence electrons. The van der Waals surface area contributed by atoms with Crippen molar-refractivity contribution in [1.29, 1.82) is 0 Å². The van der Waals surface area contributed by atoms with E-state index in [0.717, 1.165) is 29.9 Å². The van der Waals surface area contributed by atoms with Crippen LogP contribution in [-0.4, -0.2) is 19.3 Å². The van der Waals surface area contributed by atoms with Gasteiger partial charge in [-0.3, -0.25) is 0 Å². The summed E-state index contributed by atoms with van der Waals surface area (Å²) in [4.78, 5) is 0. The molecule has 1 aliphatic rings. The first-order valence-electron chi connectivity index (χ1n) is 6.75. The minimum atomic E-state index is 0.399. The SMILES string of the molecule is Brc1ccc2cc(OCCC3CCCO3)ccc2c1. The molecule has 2 aromatic rings. The van der Waals surface area contributed by atoms with E-state index in [1.807, 2.05) is 6.07 Å². The molecule has 19 heavy (non-hydrogen) atoms. The monoisotopic (exact) mass is 320 g/mol. The van der Waals surface area contributed by atoms with E-state index in [2.05, 4.69) is 46.3 Å². The molecule has 2 nitrogen and oxygen atoms in total. The van der Waals surface area contributed by atoms with Crippen molar-refractivity contribution in [3.8, 4) is 5.75 Å². The first kappa shape index (κ1) is 12.9. The lowest BCUT2D eigenvalue weighted by atomic mass is 10.1. The summed E-state index contributed by atoms with van der Waals surface area (Å²) in [5, 5.41) is 2.43. The molecule has 2 aromatic carbocycles. The van der Waals surface area contributed by atoms with Crippen LogP contribution < -0.4 is 4.74 Å². The van der Waals surface area contributed by atoms with Crippen molar-refractivity contribution in [3.63, 3.8) is 0 Å². The van der Waals surface area contributed by atoms with E-state index in [0.29, 0.717) is 6.10 Å². The molecule has 1 saturated heterocycles. The Bertz CT molecular complexity index is 562. The fourth-order valence-corrected chi connectivity index (χ4v) is 2.84. The molecule has 1 unspecified atom stereocenters. The molecule has 0 saturated carbocycles. The van der Waals surface area contributed by atoms with Gasteiger partial charge < -0.3 is 9.47 Å². The van der Waals surface area contributed by atoms with E-state index in [4.69, 9.17) is 9.47 Å². The largest absolute Gasteiger partial charge is 0.493 e. The average molecular weight is 321 g/mol. The predicted octanol–water partition coefficient (Wildman–Crippen LogP) is 4.55. The molecule has 0 bridgehead atoms. The molecule has 1 fully saturated rings. The van der Waals surface area contributed by atoms with Gasteiger partial charge in [0.2, 0.25) is 0 Å². The van der Waals surface area contributed by atoms with Crippen LogP contribution in [0.3, 0.4) is 0 Å². The lowest BCUT2D eigenvalue weighted by Crippen LogP contribution is -2.10. The summed E-state index contributed by atoms with van der Waals surface area (Å²) < 4.78 is 12.5. The van der Waals surface area contributed by atoms with Crippen LogP contribution in [0.1, 0.15) is 19.3 Å². The summed E-state index contributed by atoms with van der Waals surface area (Å²) in [6.07, 6.45) is 3.75.